The van der Waals surface area contributed by atoms with Gasteiger partial charge in [0.2, 0.25) is 0 Å². The lowest BCUT2D eigenvalue weighted by atomic mass is 10.3. The van der Waals surface area contributed by atoms with Crippen LogP contribution in [0, 0.1) is 0 Å². The summed E-state index contributed by atoms with van der Waals surface area (Å²) in [5.74, 6) is 0. The van der Waals surface area contributed by atoms with Gasteiger partial charge in [0, 0.05) is 7.26 Å². The molecule has 0 N–H and O–H groups in total. The van der Waals surface area contributed by atoms with Gasteiger partial charge in [-0.1, -0.05) is 36.4 Å². The number of unbranched alkanes of at least 4 members (excludes halogenated alkanes) is 3. The molecule has 1 rings (SSSR count). The highest BCUT2D eigenvalue weighted by atomic mass is 31.2. The quantitative estimate of drug-likeness (QED) is 0.230. The molecule has 0 amide bonds. The van der Waals surface area contributed by atoms with Crippen molar-refractivity contribution in [3.63, 3.8) is 0 Å². The van der Waals surface area contributed by atoms with Crippen LogP contribution in [0.2, 0.25) is 0 Å². The molecule has 0 bridgehead atoms. The van der Waals surface area contributed by atoms with Crippen molar-refractivity contribution >= 4 is 12.6 Å². The normalized spacial score (nSPS) is 11.1. The molecule has 0 aliphatic rings. The van der Waals surface area contributed by atoms with Crippen molar-refractivity contribution in [1.82, 2.24) is 0 Å². The average molecular weight is 315 g/mol. The summed E-state index contributed by atoms with van der Waals surface area (Å²) in [5.41, 5.74) is 0. The Balaban J connectivity index is 2.94. The predicted octanol–water partition coefficient (Wildman–Crippen LogP) is 6.23. The van der Waals surface area contributed by atoms with E-state index >= 15 is 0 Å². The third-order valence-corrected chi connectivity index (χ3v) is 9.20. The topological polar surface area (TPSA) is 0 Å². The van der Waals surface area contributed by atoms with Gasteiger partial charge in [0.15, 0.2) is 0 Å². The fourth-order valence-corrected chi connectivity index (χ4v) is 7.70. The number of allylic oxidation sites excluding steroid dienone is 3. The molecule has 0 radical (unpaired) electrons. The summed E-state index contributed by atoms with van der Waals surface area (Å²) in [7, 11) is -1.08. The minimum absolute atomic E-state index is 1.08. The second-order valence-electron chi connectivity index (χ2n) is 5.94. The molecule has 22 heavy (non-hydrogen) atoms. The second kappa shape index (κ2) is 11.4. The summed E-state index contributed by atoms with van der Waals surface area (Å²) in [6.07, 6.45) is 17.5. The molecule has 0 spiro atoms. The Bertz CT molecular complexity index is 396. The first kappa shape index (κ1) is 18.9. The molecule has 1 aromatic rings. The van der Waals surface area contributed by atoms with Gasteiger partial charge >= 0.3 is 0 Å². The molecule has 0 aliphatic heterocycles. The molecule has 0 unspecified atom stereocenters. The summed E-state index contributed by atoms with van der Waals surface area (Å²) >= 11 is 0. The van der Waals surface area contributed by atoms with Crippen LogP contribution >= 0.6 is 7.26 Å². The minimum Gasteiger partial charge on any atom is -0.103 e. The first-order chi connectivity index (χ1) is 10.8. The molecule has 0 nitrogen and oxygen atoms in total. The number of hydrogen-bond acceptors (Lipinski definition) is 0. The van der Waals surface area contributed by atoms with Crippen molar-refractivity contribution < 1.29 is 0 Å². The smallest absolute Gasteiger partial charge is 0.0939 e. The number of benzene rings is 1. The molecular formula is C21H32P+. The standard InChI is InChI=1S/C21H32P/c1-4-7-13-18-22(19-14-8-5-2,20-15-9-6-3)21-16-11-10-12-17-21/h4-6,10-12,16-17H,1-3,7-9,13-15,18-20H2/q+1. The van der Waals surface area contributed by atoms with Gasteiger partial charge in [-0.15, -0.1) is 19.7 Å². The van der Waals surface area contributed by atoms with E-state index in [1.807, 2.05) is 0 Å². The highest BCUT2D eigenvalue weighted by Gasteiger charge is 2.37. The van der Waals surface area contributed by atoms with Crippen LogP contribution in [0.5, 0.6) is 0 Å². The van der Waals surface area contributed by atoms with Crippen LogP contribution in [0.3, 0.4) is 0 Å². The van der Waals surface area contributed by atoms with E-state index in [4.69, 9.17) is 0 Å². The Labute approximate surface area is 138 Å². The van der Waals surface area contributed by atoms with Crippen molar-refractivity contribution in [2.75, 3.05) is 18.5 Å². The zero-order valence-electron chi connectivity index (χ0n) is 14.1. The highest BCUT2D eigenvalue weighted by Crippen LogP contribution is 2.59. The molecule has 0 fully saturated rings. The molecule has 0 aromatic heterocycles. The van der Waals surface area contributed by atoms with Crippen LogP contribution in [0.1, 0.15) is 38.5 Å². The zero-order valence-corrected chi connectivity index (χ0v) is 14.9. The van der Waals surface area contributed by atoms with Crippen LogP contribution in [0.25, 0.3) is 0 Å². The first-order valence-corrected chi connectivity index (χ1v) is 10.9. The third kappa shape index (κ3) is 6.32. The summed E-state index contributed by atoms with van der Waals surface area (Å²) in [5, 5.41) is 1.62. The van der Waals surface area contributed by atoms with Crippen LogP contribution in [-0.4, -0.2) is 18.5 Å². The van der Waals surface area contributed by atoms with E-state index in [1.54, 1.807) is 5.30 Å². The van der Waals surface area contributed by atoms with E-state index in [0.29, 0.717) is 0 Å². The molecule has 120 valence electrons. The van der Waals surface area contributed by atoms with Gasteiger partial charge < -0.3 is 0 Å². The number of hydrogen-bond donors (Lipinski definition) is 0. The van der Waals surface area contributed by atoms with Crippen LogP contribution < -0.4 is 5.30 Å². The molecule has 1 aromatic carbocycles. The summed E-state index contributed by atoms with van der Waals surface area (Å²) < 4.78 is 0. The largest absolute Gasteiger partial charge is 0.103 e. The summed E-state index contributed by atoms with van der Waals surface area (Å²) in [4.78, 5) is 0. The fraction of sp³-hybridized carbons (Fsp3) is 0.429. The molecular weight excluding hydrogens is 283 g/mol. The lowest BCUT2D eigenvalue weighted by Crippen LogP contribution is -2.21. The predicted molar refractivity (Wildman–Crippen MR) is 106 cm³/mol. The Morgan fingerprint density at radius 3 is 1.45 bits per heavy atom. The Kier molecular flexibility index (Phi) is 9.84. The van der Waals surface area contributed by atoms with E-state index < -0.39 is 7.26 Å². The van der Waals surface area contributed by atoms with Gasteiger partial charge in [-0.05, 0) is 50.7 Å². The SMILES string of the molecule is C=CCCC[P+](CCCC=C)(CCCC=C)c1ccccc1. The van der Waals surface area contributed by atoms with Gasteiger partial charge in [0.05, 0.1) is 23.8 Å². The van der Waals surface area contributed by atoms with Crippen LogP contribution in [0.4, 0.5) is 0 Å². The van der Waals surface area contributed by atoms with Crippen molar-refractivity contribution in [3.8, 4) is 0 Å². The summed E-state index contributed by atoms with van der Waals surface area (Å²) in [6, 6.07) is 11.3. The maximum atomic E-state index is 3.89. The van der Waals surface area contributed by atoms with E-state index in [0.717, 1.165) is 19.3 Å². The highest BCUT2D eigenvalue weighted by molar-refractivity contribution is 7.82. The van der Waals surface area contributed by atoms with Gasteiger partial charge in [0.25, 0.3) is 0 Å². The lowest BCUT2D eigenvalue weighted by molar-refractivity contribution is 0.903. The fourth-order valence-electron chi connectivity index (χ4n) is 3.08. The molecule has 0 saturated carbocycles. The van der Waals surface area contributed by atoms with E-state index in [1.165, 1.54) is 37.7 Å². The van der Waals surface area contributed by atoms with Crippen molar-refractivity contribution in [2.45, 2.75) is 38.5 Å². The first-order valence-electron chi connectivity index (χ1n) is 8.53. The van der Waals surface area contributed by atoms with E-state index in [2.05, 4.69) is 68.3 Å². The van der Waals surface area contributed by atoms with Gasteiger partial charge in [0.1, 0.15) is 0 Å². The van der Waals surface area contributed by atoms with Gasteiger partial charge in [-0.25, -0.2) is 0 Å². The maximum Gasteiger partial charge on any atom is 0.0939 e. The average Bonchev–Trinajstić information content (AvgIpc) is 2.56. The Hall–Kier alpha value is -1.13. The molecule has 0 atom stereocenters. The molecule has 0 aliphatic carbocycles. The molecule has 1 heteroatoms. The van der Waals surface area contributed by atoms with Crippen molar-refractivity contribution in [2.24, 2.45) is 0 Å². The second-order valence-corrected chi connectivity index (χ2v) is 10.1. The Morgan fingerprint density at radius 2 is 1.09 bits per heavy atom. The van der Waals surface area contributed by atoms with Crippen LogP contribution in [-0.2, 0) is 0 Å². The Morgan fingerprint density at radius 1 is 0.682 bits per heavy atom. The number of rotatable bonds is 13. The lowest BCUT2D eigenvalue weighted by Gasteiger charge is -2.28. The van der Waals surface area contributed by atoms with Crippen molar-refractivity contribution in [3.05, 3.63) is 68.3 Å². The molecule has 0 heterocycles. The monoisotopic (exact) mass is 315 g/mol. The molecule has 0 saturated heterocycles. The van der Waals surface area contributed by atoms with E-state index in [9.17, 15) is 0 Å². The van der Waals surface area contributed by atoms with Gasteiger partial charge in [-0.3, -0.25) is 0 Å². The minimum atomic E-state index is -1.08. The van der Waals surface area contributed by atoms with Crippen molar-refractivity contribution in [1.29, 1.82) is 0 Å². The van der Waals surface area contributed by atoms with Crippen LogP contribution in [0.15, 0.2) is 68.3 Å². The zero-order chi connectivity index (χ0) is 16.1. The van der Waals surface area contributed by atoms with Gasteiger partial charge in [-0.2, -0.15) is 0 Å². The summed E-state index contributed by atoms with van der Waals surface area (Å²) in [6.45, 7) is 11.7. The third-order valence-electron chi connectivity index (χ3n) is 4.29. The van der Waals surface area contributed by atoms with E-state index in [-0.39, 0.29) is 0 Å². The maximum absolute atomic E-state index is 3.89.